The summed E-state index contributed by atoms with van der Waals surface area (Å²) in [5.41, 5.74) is 1.18. The van der Waals surface area contributed by atoms with Crippen LogP contribution in [-0.2, 0) is 11.2 Å². The monoisotopic (exact) mass is 551 g/mol. The molecule has 0 saturated carbocycles. The minimum Gasteiger partial charge on any atom is -0.356 e. The molecule has 1 heterocycles. The highest BCUT2D eigenvalue weighted by atomic mass is 127. The number of ketones is 1. The third kappa shape index (κ3) is 6.10. The standard InChI is InChI=1S/C20H18IN5O4S/c1-13(27)22-11-10-19-23-24-20(25(19)16-8-4-15(21)5-9-16)31-12-18(28)14-2-6-17(7-3-14)26(29)30/h2-9H,10-12H2,1H3,(H,22,27). The second-order valence-electron chi connectivity index (χ2n) is 6.46. The van der Waals surface area contributed by atoms with Gasteiger partial charge in [0.05, 0.1) is 10.7 Å². The highest BCUT2D eigenvalue weighted by Gasteiger charge is 2.17. The number of hydrogen-bond acceptors (Lipinski definition) is 7. The van der Waals surface area contributed by atoms with Crippen LogP contribution in [-0.4, -0.2) is 43.7 Å². The molecule has 160 valence electrons. The van der Waals surface area contributed by atoms with E-state index in [4.69, 9.17) is 0 Å². The lowest BCUT2D eigenvalue weighted by Gasteiger charge is -2.10. The van der Waals surface area contributed by atoms with E-state index in [1.165, 1.54) is 43.0 Å². The summed E-state index contributed by atoms with van der Waals surface area (Å²) in [6.07, 6.45) is 0.482. The highest BCUT2D eigenvalue weighted by molar-refractivity contribution is 14.1. The van der Waals surface area contributed by atoms with Gasteiger partial charge < -0.3 is 5.32 Å². The molecule has 0 radical (unpaired) electrons. The zero-order valence-electron chi connectivity index (χ0n) is 16.4. The molecule has 0 bridgehead atoms. The van der Waals surface area contributed by atoms with Crippen LogP contribution >= 0.6 is 34.4 Å². The van der Waals surface area contributed by atoms with E-state index in [0.29, 0.717) is 29.5 Å². The summed E-state index contributed by atoms with van der Waals surface area (Å²) in [5, 5.41) is 22.6. The molecule has 3 rings (SSSR count). The van der Waals surface area contributed by atoms with E-state index in [0.717, 1.165) is 9.26 Å². The first kappa shape index (κ1) is 22.9. The average Bonchev–Trinajstić information content (AvgIpc) is 3.15. The van der Waals surface area contributed by atoms with Gasteiger partial charge in [0.2, 0.25) is 5.91 Å². The molecule has 31 heavy (non-hydrogen) atoms. The van der Waals surface area contributed by atoms with Gasteiger partial charge in [-0.2, -0.15) is 0 Å². The van der Waals surface area contributed by atoms with E-state index in [-0.39, 0.29) is 23.1 Å². The van der Waals surface area contributed by atoms with Crippen molar-refractivity contribution in [2.75, 3.05) is 12.3 Å². The molecule has 9 nitrogen and oxygen atoms in total. The average molecular weight is 551 g/mol. The lowest BCUT2D eigenvalue weighted by atomic mass is 10.1. The van der Waals surface area contributed by atoms with E-state index >= 15 is 0 Å². The van der Waals surface area contributed by atoms with Crippen molar-refractivity contribution >= 4 is 51.7 Å². The van der Waals surface area contributed by atoms with Gasteiger partial charge in [-0.05, 0) is 59.0 Å². The number of halogens is 1. The Morgan fingerprint density at radius 3 is 2.42 bits per heavy atom. The number of carbonyl (C=O) groups excluding carboxylic acids is 2. The van der Waals surface area contributed by atoms with Gasteiger partial charge in [0.15, 0.2) is 10.9 Å². The van der Waals surface area contributed by atoms with Crippen molar-refractivity contribution in [3.05, 3.63) is 73.6 Å². The lowest BCUT2D eigenvalue weighted by Crippen LogP contribution is -2.23. The zero-order valence-corrected chi connectivity index (χ0v) is 19.4. The molecule has 1 aromatic heterocycles. The summed E-state index contributed by atoms with van der Waals surface area (Å²) in [6.45, 7) is 1.87. The van der Waals surface area contributed by atoms with E-state index in [2.05, 4.69) is 38.1 Å². The van der Waals surface area contributed by atoms with Crippen LogP contribution < -0.4 is 5.32 Å². The molecule has 1 N–H and O–H groups in total. The molecule has 0 aliphatic rings. The fourth-order valence-electron chi connectivity index (χ4n) is 2.74. The van der Waals surface area contributed by atoms with Crippen molar-refractivity contribution in [3.8, 4) is 5.69 Å². The first-order valence-electron chi connectivity index (χ1n) is 9.20. The molecular formula is C20H18IN5O4S. The molecule has 3 aromatic rings. The number of rotatable bonds is 9. The number of nitrogens with one attached hydrogen (secondary N) is 1. The van der Waals surface area contributed by atoms with Gasteiger partial charge in [-0.25, -0.2) is 0 Å². The van der Waals surface area contributed by atoms with Crippen molar-refractivity contribution in [1.82, 2.24) is 20.1 Å². The van der Waals surface area contributed by atoms with E-state index in [1.54, 1.807) is 0 Å². The Bertz CT molecular complexity index is 1100. The minimum atomic E-state index is -0.505. The fourth-order valence-corrected chi connectivity index (χ4v) is 3.96. The largest absolute Gasteiger partial charge is 0.356 e. The number of nitro groups is 1. The maximum atomic E-state index is 12.5. The molecule has 0 fully saturated rings. The topological polar surface area (TPSA) is 120 Å². The number of Topliss-reactive ketones (excluding diaryl/α,β-unsaturated/α-hetero) is 1. The van der Waals surface area contributed by atoms with Gasteiger partial charge in [0, 0.05) is 46.8 Å². The third-order valence-electron chi connectivity index (χ3n) is 4.24. The number of nitro benzene ring substituents is 1. The number of thioether (sulfide) groups is 1. The zero-order chi connectivity index (χ0) is 22.4. The van der Waals surface area contributed by atoms with Crippen LogP contribution in [0.5, 0.6) is 0 Å². The molecular weight excluding hydrogens is 533 g/mol. The minimum absolute atomic E-state index is 0.0635. The maximum Gasteiger partial charge on any atom is 0.269 e. The Morgan fingerprint density at radius 1 is 1.13 bits per heavy atom. The molecule has 1 amide bonds. The number of nitrogens with zero attached hydrogens (tertiary/aromatic N) is 4. The summed E-state index contributed by atoms with van der Waals surface area (Å²) in [5.74, 6) is 0.479. The first-order chi connectivity index (χ1) is 14.8. The Kier molecular flexibility index (Phi) is 7.74. The number of carbonyl (C=O) groups is 2. The van der Waals surface area contributed by atoms with Crippen molar-refractivity contribution in [3.63, 3.8) is 0 Å². The Morgan fingerprint density at radius 2 is 1.81 bits per heavy atom. The Balaban J connectivity index is 1.78. The molecule has 0 spiro atoms. The predicted octanol–water partition coefficient (Wildman–Crippen LogP) is 3.43. The van der Waals surface area contributed by atoms with Crippen LogP contribution in [0.4, 0.5) is 5.69 Å². The first-order valence-corrected chi connectivity index (χ1v) is 11.3. The normalized spacial score (nSPS) is 10.6. The maximum absolute atomic E-state index is 12.5. The summed E-state index contributed by atoms with van der Waals surface area (Å²) in [7, 11) is 0. The SMILES string of the molecule is CC(=O)NCCc1nnc(SCC(=O)c2ccc([N+](=O)[O-])cc2)n1-c1ccc(I)cc1. The van der Waals surface area contributed by atoms with Gasteiger partial charge in [0.1, 0.15) is 5.82 Å². The van der Waals surface area contributed by atoms with Crippen LogP contribution in [0.15, 0.2) is 53.7 Å². The summed E-state index contributed by atoms with van der Waals surface area (Å²) >= 11 is 3.46. The van der Waals surface area contributed by atoms with Crippen molar-refractivity contribution in [2.24, 2.45) is 0 Å². The van der Waals surface area contributed by atoms with Crippen LogP contribution in [0.25, 0.3) is 5.69 Å². The van der Waals surface area contributed by atoms with E-state index < -0.39 is 4.92 Å². The summed E-state index contributed by atoms with van der Waals surface area (Å²) < 4.78 is 2.95. The van der Waals surface area contributed by atoms with Crippen LogP contribution in [0.3, 0.4) is 0 Å². The van der Waals surface area contributed by atoms with Gasteiger partial charge in [-0.15, -0.1) is 10.2 Å². The quantitative estimate of drug-likeness (QED) is 0.142. The van der Waals surface area contributed by atoms with Gasteiger partial charge in [0.25, 0.3) is 5.69 Å². The molecule has 0 saturated heterocycles. The second kappa shape index (κ2) is 10.5. The van der Waals surface area contributed by atoms with Crippen molar-refractivity contribution in [2.45, 2.75) is 18.5 Å². The summed E-state index contributed by atoms with van der Waals surface area (Å²) in [4.78, 5) is 34.0. The van der Waals surface area contributed by atoms with Crippen molar-refractivity contribution < 1.29 is 14.5 Å². The number of aromatic nitrogens is 3. The number of benzene rings is 2. The number of hydrogen-bond donors (Lipinski definition) is 1. The molecule has 0 unspecified atom stereocenters. The van der Waals surface area contributed by atoms with Gasteiger partial charge in [-0.1, -0.05) is 11.8 Å². The van der Waals surface area contributed by atoms with Crippen LogP contribution in [0.1, 0.15) is 23.1 Å². The Hall–Kier alpha value is -2.80. The molecule has 0 atom stereocenters. The molecule has 0 aliphatic carbocycles. The number of amides is 1. The smallest absolute Gasteiger partial charge is 0.269 e. The molecule has 0 aliphatic heterocycles. The summed E-state index contributed by atoms with van der Waals surface area (Å²) in [6, 6.07) is 13.3. The molecule has 11 heteroatoms. The van der Waals surface area contributed by atoms with Gasteiger partial charge >= 0.3 is 0 Å². The molecule has 2 aromatic carbocycles. The Labute approximate surface area is 195 Å². The van der Waals surface area contributed by atoms with Crippen molar-refractivity contribution in [1.29, 1.82) is 0 Å². The number of non-ortho nitro benzene ring substituents is 1. The van der Waals surface area contributed by atoms with Crippen LogP contribution in [0, 0.1) is 13.7 Å². The third-order valence-corrected chi connectivity index (χ3v) is 5.89. The fraction of sp³-hybridized carbons (Fsp3) is 0.200. The van der Waals surface area contributed by atoms with E-state index in [9.17, 15) is 19.7 Å². The van der Waals surface area contributed by atoms with Crippen LogP contribution in [0.2, 0.25) is 0 Å². The van der Waals surface area contributed by atoms with Gasteiger partial charge in [-0.3, -0.25) is 24.3 Å². The second-order valence-corrected chi connectivity index (χ2v) is 8.65. The predicted molar refractivity (Wildman–Crippen MR) is 125 cm³/mol. The lowest BCUT2D eigenvalue weighted by molar-refractivity contribution is -0.384. The van der Waals surface area contributed by atoms with E-state index in [1.807, 2.05) is 28.8 Å². The highest BCUT2D eigenvalue weighted by Crippen LogP contribution is 2.24.